The maximum Gasteiger partial charge on any atom is 0.322 e. The second-order valence-corrected chi connectivity index (χ2v) is 7.76. The smallest absolute Gasteiger partial charge is 0.322 e. The van der Waals surface area contributed by atoms with Crippen LogP contribution in [-0.2, 0) is 18.4 Å². The molecular formula is C21H22N3O2+. The van der Waals surface area contributed by atoms with Crippen molar-refractivity contribution in [1.29, 1.82) is 0 Å². The van der Waals surface area contributed by atoms with Crippen LogP contribution in [0.3, 0.4) is 0 Å². The molecule has 5 nitrogen and oxygen atoms in total. The monoisotopic (exact) mass is 348 g/mol. The van der Waals surface area contributed by atoms with Gasteiger partial charge in [-0.15, -0.1) is 0 Å². The highest BCUT2D eigenvalue weighted by molar-refractivity contribution is 5.99. The first kappa shape index (κ1) is 15.4. The molecule has 2 bridgehead atoms. The summed E-state index contributed by atoms with van der Waals surface area (Å²) in [5, 5.41) is 13.1. The molecule has 2 amide bonds. The van der Waals surface area contributed by atoms with Crippen LogP contribution in [0.4, 0.5) is 10.5 Å². The number of para-hydroxylation sites is 1. The number of rotatable bonds is 1. The highest BCUT2D eigenvalue weighted by atomic mass is 16.3. The lowest BCUT2D eigenvalue weighted by atomic mass is 9.63. The van der Waals surface area contributed by atoms with Gasteiger partial charge in [-0.1, -0.05) is 31.2 Å². The minimum absolute atomic E-state index is 0.0288. The number of nitrogens with zero attached hydrogens (tertiary/aromatic N) is 1. The Hall–Kier alpha value is -2.82. The maximum atomic E-state index is 12.9. The zero-order valence-corrected chi connectivity index (χ0v) is 14.7. The van der Waals surface area contributed by atoms with E-state index >= 15 is 0 Å². The third-order valence-electron chi connectivity index (χ3n) is 6.19. The van der Waals surface area contributed by atoms with Crippen molar-refractivity contribution in [3.8, 4) is 5.75 Å². The fraction of sp³-hybridized carbons (Fsp3) is 0.333. The van der Waals surface area contributed by atoms with Crippen LogP contribution in [0.5, 0.6) is 5.75 Å². The molecule has 2 heterocycles. The molecule has 1 aliphatic carbocycles. The minimum atomic E-state index is -0.212. The summed E-state index contributed by atoms with van der Waals surface area (Å²) in [7, 11) is 0. The first-order chi connectivity index (χ1) is 12.6. The Morgan fingerprint density at radius 2 is 2.08 bits per heavy atom. The number of fused-ring (bicyclic) bond motifs is 5. The molecule has 5 heteroatoms. The predicted octanol–water partition coefficient (Wildman–Crippen LogP) is 1.55. The Bertz CT molecular complexity index is 952. The second kappa shape index (κ2) is 5.34. The van der Waals surface area contributed by atoms with Gasteiger partial charge in [0.25, 0.3) is 0 Å². The van der Waals surface area contributed by atoms with E-state index in [1.807, 2.05) is 35.2 Å². The van der Waals surface area contributed by atoms with Crippen LogP contribution >= 0.6 is 0 Å². The van der Waals surface area contributed by atoms with Crippen LogP contribution in [0, 0.1) is 0 Å². The van der Waals surface area contributed by atoms with E-state index in [-0.39, 0.29) is 17.5 Å². The Morgan fingerprint density at radius 1 is 1.23 bits per heavy atom. The molecule has 0 fully saturated rings. The zero-order chi connectivity index (χ0) is 17.9. The average molecular weight is 348 g/mol. The van der Waals surface area contributed by atoms with Crippen LogP contribution in [-0.4, -0.2) is 34.3 Å². The normalized spacial score (nSPS) is 26.5. The number of benzene rings is 2. The maximum absolute atomic E-state index is 12.9. The summed E-state index contributed by atoms with van der Waals surface area (Å²) in [6, 6.07) is 13.6. The quantitative estimate of drug-likeness (QED) is 0.732. The highest BCUT2D eigenvalue weighted by Crippen LogP contribution is 2.43. The topological polar surface area (TPSA) is 66.5 Å². The molecule has 2 atom stereocenters. The minimum Gasteiger partial charge on any atom is -0.508 e. The molecule has 0 unspecified atom stereocenters. The van der Waals surface area contributed by atoms with Crippen molar-refractivity contribution in [2.75, 3.05) is 11.9 Å². The number of nitrogens with one attached hydrogen (secondary N) is 2. The van der Waals surface area contributed by atoms with E-state index in [1.54, 1.807) is 6.07 Å². The van der Waals surface area contributed by atoms with Crippen molar-refractivity contribution < 1.29 is 14.9 Å². The molecule has 2 aromatic carbocycles. The van der Waals surface area contributed by atoms with Gasteiger partial charge in [0.1, 0.15) is 18.3 Å². The molecule has 2 aliphatic heterocycles. The number of hydrogen-bond acceptors (Lipinski definition) is 2. The highest BCUT2D eigenvalue weighted by Gasteiger charge is 2.53. The van der Waals surface area contributed by atoms with Gasteiger partial charge in [-0.2, -0.15) is 0 Å². The third kappa shape index (κ3) is 2.09. The Morgan fingerprint density at radius 3 is 2.96 bits per heavy atom. The molecular weight excluding hydrogens is 326 g/mol. The van der Waals surface area contributed by atoms with E-state index < -0.39 is 0 Å². The van der Waals surface area contributed by atoms with E-state index in [4.69, 9.17) is 0 Å². The summed E-state index contributed by atoms with van der Waals surface area (Å²) in [5.41, 5.74) is 5.43. The average Bonchev–Trinajstić information content (AvgIpc) is 2.62. The van der Waals surface area contributed by atoms with Crippen molar-refractivity contribution in [2.24, 2.45) is 0 Å². The number of amides is 2. The lowest BCUT2D eigenvalue weighted by Gasteiger charge is -2.48. The lowest BCUT2D eigenvalue weighted by molar-refractivity contribution is -0.471. The summed E-state index contributed by atoms with van der Waals surface area (Å²) < 4.78 is 0. The number of aromatic hydroxyl groups is 1. The molecule has 3 N–H and O–H groups in total. The van der Waals surface area contributed by atoms with E-state index in [9.17, 15) is 9.90 Å². The standard InChI is InChI=1S/C21H21N3O2/c1-21-8-9-22-18(10-13-6-7-15(25)11-16(13)21)19(21)24-12-14-4-2-3-5-17(14)23-20(24)26/h2-7,11,19,25H,8-10,12H2,1H3,(H,23,26)/p+1/t19-,21-/m0/s1. The fourth-order valence-corrected chi connectivity index (χ4v) is 4.96. The molecule has 132 valence electrons. The van der Waals surface area contributed by atoms with Gasteiger partial charge in [0.15, 0.2) is 5.71 Å². The molecule has 26 heavy (non-hydrogen) atoms. The number of anilines is 1. The van der Waals surface area contributed by atoms with Crippen molar-refractivity contribution in [2.45, 2.75) is 37.8 Å². The Kier molecular flexibility index (Phi) is 3.17. The Labute approximate surface area is 152 Å². The molecule has 0 saturated carbocycles. The van der Waals surface area contributed by atoms with E-state index in [1.165, 1.54) is 16.8 Å². The summed E-state index contributed by atoms with van der Waals surface area (Å²) >= 11 is 0. The lowest BCUT2D eigenvalue weighted by Crippen LogP contribution is -2.84. The van der Waals surface area contributed by atoms with Gasteiger partial charge in [-0.05, 0) is 34.9 Å². The second-order valence-electron chi connectivity index (χ2n) is 7.76. The summed E-state index contributed by atoms with van der Waals surface area (Å²) in [6.45, 7) is 3.72. The number of carbonyl (C=O) groups is 1. The fourth-order valence-electron chi connectivity index (χ4n) is 4.96. The van der Waals surface area contributed by atoms with E-state index in [0.717, 1.165) is 30.6 Å². The van der Waals surface area contributed by atoms with Crippen LogP contribution < -0.4 is 10.3 Å². The Balaban J connectivity index is 1.62. The number of phenolic OH excluding ortho intramolecular Hbond substituents is 1. The van der Waals surface area contributed by atoms with Crippen molar-refractivity contribution in [3.05, 3.63) is 59.2 Å². The van der Waals surface area contributed by atoms with E-state index in [0.29, 0.717) is 12.3 Å². The molecule has 0 spiro atoms. The van der Waals surface area contributed by atoms with Crippen LogP contribution in [0.25, 0.3) is 0 Å². The molecule has 0 aromatic heterocycles. The molecule has 0 saturated heterocycles. The van der Waals surface area contributed by atoms with Gasteiger partial charge >= 0.3 is 6.03 Å². The summed E-state index contributed by atoms with van der Waals surface area (Å²) in [4.78, 5) is 18.4. The molecule has 3 aliphatic rings. The first-order valence-electron chi connectivity index (χ1n) is 9.14. The van der Waals surface area contributed by atoms with Crippen LogP contribution in [0.2, 0.25) is 0 Å². The SMILES string of the molecule is C[C@]12CC[NH+]=C(Cc3ccc(O)cc31)[C@@H]2N1Cc2ccccc2NC1=O. The number of hydrogen-bond donors (Lipinski definition) is 3. The first-order valence-corrected chi connectivity index (χ1v) is 9.14. The van der Waals surface area contributed by atoms with Gasteiger partial charge in [0.2, 0.25) is 0 Å². The van der Waals surface area contributed by atoms with Crippen LogP contribution in [0.1, 0.15) is 30.0 Å². The molecule has 2 aromatic rings. The predicted molar refractivity (Wildman–Crippen MR) is 99.4 cm³/mol. The van der Waals surface area contributed by atoms with Gasteiger partial charge < -0.3 is 15.3 Å². The van der Waals surface area contributed by atoms with E-state index in [2.05, 4.69) is 23.3 Å². The largest absolute Gasteiger partial charge is 0.508 e. The van der Waals surface area contributed by atoms with Gasteiger partial charge in [0, 0.05) is 17.5 Å². The number of urea groups is 1. The van der Waals surface area contributed by atoms with Crippen molar-refractivity contribution in [3.63, 3.8) is 0 Å². The zero-order valence-electron chi connectivity index (χ0n) is 14.7. The summed E-state index contributed by atoms with van der Waals surface area (Å²) in [5.74, 6) is 0.291. The number of carbonyl (C=O) groups excluding carboxylic acids is 1. The summed E-state index contributed by atoms with van der Waals surface area (Å²) in [6.07, 6.45) is 1.71. The third-order valence-corrected chi connectivity index (χ3v) is 6.19. The van der Waals surface area contributed by atoms with Crippen molar-refractivity contribution in [1.82, 2.24) is 4.90 Å². The van der Waals surface area contributed by atoms with Crippen LogP contribution in [0.15, 0.2) is 42.5 Å². The van der Waals surface area contributed by atoms with Crippen molar-refractivity contribution >= 4 is 17.4 Å². The molecule has 0 radical (unpaired) electrons. The van der Waals surface area contributed by atoms with Gasteiger partial charge in [0.05, 0.1) is 13.0 Å². The molecule has 5 rings (SSSR count). The number of phenols is 1. The van der Waals surface area contributed by atoms with Gasteiger partial charge in [-0.25, -0.2) is 9.79 Å². The van der Waals surface area contributed by atoms with Gasteiger partial charge in [-0.3, -0.25) is 0 Å².